The minimum atomic E-state index is -0.351. The summed E-state index contributed by atoms with van der Waals surface area (Å²) in [5.41, 5.74) is 2.31. The lowest BCUT2D eigenvalue weighted by Gasteiger charge is -2.10. The van der Waals surface area contributed by atoms with Crippen LogP contribution in [-0.4, -0.2) is 11.6 Å². The molecule has 0 atom stereocenters. The molecule has 4 nitrogen and oxygen atoms in total. The van der Waals surface area contributed by atoms with E-state index in [1.54, 1.807) is 6.07 Å². The number of benzene rings is 1. The molecule has 1 aromatic carbocycles. The lowest BCUT2D eigenvalue weighted by molar-refractivity contribution is 0.271. The molecule has 0 amide bonds. The topological polar surface area (TPSA) is 65.9 Å². The summed E-state index contributed by atoms with van der Waals surface area (Å²) in [6.07, 6.45) is 0. The van der Waals surface area contributed by atoms with Crippen molar-refractivity contribution in [3.63, 3.8) is 0 Å². The van der Waals surface area contributed by atoms with Crippen LogP contribution in [0.5, 0.6) is 5.75 Å². The molecule has 21 heavy (non-hydrogen) atoms. The molecule has 0 aliphatic rings. The second-order valence-corrected chi connectivity index (χ2v) is 5.39. The second-order valence-electron chi connectivity index (χ2n) is 5.39. The number of aromatic amines is 1. The summed E-state index contributed by atoms with van der Waals surface area (Å²) in [5, 5.41) is 8.96. The minimum absolute atomic E-state index is 0.121. The monoisotopic (exact) mass is 282 g/mol. The summed E-state index contributed by atoms with van der Waals surface area (Å²) in [7, 11) is 0. The molecular formula is C17H18N2O2. The number of hydrogen-bond donors (Lipinski definition) is 1. The van der Waals surface area contributed by atoms with Gasteiger partial charge in [0.25, 0.3) is 5.56 Å². The average molecular weight is 282 g/mol. The molecule has 0 saturated carbocycles. The highest BCUT2D eigenvalue weighted by Crippen LogP contribution is 2.24. The number of aryl methyl sites for hydroxylation is 1. The predicted octanol–water partition coefficient (Wildman–Crippen LogP) is 3.26. The van der Waals surface area contributed by atoms with Crippen molar-refractivity contribution in [2.45, 2.75) is 20.8 Å². The highest BCUT2D eigenvalue weighted by molar-refractivity contribution is 5.67. The molecule has 0 aliphatic carbocycles. The molecule has 108 valence electrons. The van der Waals surface area contributed by atoms with E-state index in [2.05, 4.69) is 18.8 Å². The molecule has 2 aromatic rings. The summed E-state index contributed by atoms with van der Waals surface area (Å²) in [4.78, 5) is 14.3. The van der Waals surface area contributed by atoms with Crippen molar-refractivity contribution in [3.8, 4) is 22.9 Å². The summed E-state index contributed by atoms with van der Waals surface area (Å²) >= 11 is 0. The van der Waals surface area contributed by atoms with Crippen LogP contribution in [0.25, 0.3) is 11.1 Å². The van der Waals surface area contributed by atoms with Gasteiger partial charge in [-0.15, -0.1) is 0 Å². The highest BCUT2D eigenvalue weighted by Gasteiger charge is 2.08. The molecule has 0 saturated heterocycles. The highest BCUT2D eigenvalue weighted by atomic mass is 16.5. The van der Waals surface area contributed by atoms with Crippen molar-refractivity contribution in [1.29, 1.82) is 5.26 Å². The number of aromatic nitrogens is 1. The first-order valence-electron chi connectivity index (χ1n) is 6.88. The number of nitrogens with zero attached hydrogens (tertiary/aromatic N) is 1. The lowest BCUT2D eigenvalue weighted by Crippen LogP contribution is -2.11. The Morgan fingerprint density at radius 2 is 1.95 bits per heavy atom. The SMILES string of the molecule is Cc1[nH]c(=O)c(C#N)cc1-c1ccc(OCC(C)C)cc1. The normalized spacial score (nSPS) is 10.4. The van der Waals surface area contributed by atoms with Crippen molar-refractivity contribution < 1.29 is 4.74 Å². The van der Waals surface area contributed by atoms with Crippen LogP contribution in [0.1, 0.15) is 25.1 Å². The molecular weight excluding hydrogens is 264 g/mol. The standard InChI is InChI=1S/C17H18N2O2/c1-11(2)10-21-15-6-4-13(5-7-15)16-8-14(9-18)17(20)19-12(16)3/h4-8,11H,10H2,1-3H3,(H,19,20). The number of ether oxygens (including phenoxy) is 1. The summed E-state index contributed by atoms with van der Waals surface area (Å²) in [5.74, 6) is 1.29. The first-order valence-corrected chi connectivity index (χ1v) is 6.88. The van der Waals surface area contributed by atoms with Crippen molar-refractivity contribution in [3.05, 3.63) is 51.9 Å². The van der Waals surface area contributed by atoms with Crippen LogP contribution in [0.3, 0.4) is 0 Å². The lowest BCUT2D eigenvalue weighted by atomic mass is 10.0. The van der Waals surface area contributed by atoms with E-state index in [0.717, 1.165) is 22.6 Å². The van der Waals surface area contributed by atoms with E-state index in [4.69, 9.17) is 10.00 Å². The Hall–Kier alpha value is -2.54. The van der Waals surface area contributed by atoms with Crippen molar-refractivity contribution in [2.24, 2.45) is 5.92 Å². The van der Waals surface area contributed by atoms with Gasteiger partial charge < -0.3 is 9.72 Å². The van der Waals surface area contributed by atoms with Gasteiger partial charge in [0.15, 0.2) is 0 Å². The zero-order valence-corrected chi connectivity index (χ0v) is 12.4. The van der Waals surface area contributed by atoms with Crippen LogP contribution in [0.15, 0.2) is 35.1 Å². The third-order valence-electron chi connectivity index (χ3n) is 3.11. The Bertz CT molecular complexity index is 722. The van der Waals surface area contributed by atoms with Crippen molar-refractivity contribution in [1.82, 2.24) is 4.98 Å². The number of nitrogens with one attached hydrogen (secondary N) is 1. The summed E-state index contributed by atoms with van der Waals surface area (Å²) in [6.45, 7) is 6.69. The Labute approximate surface area is 124 Å². The van der Waals surface area contributed by atoms with Crippen molar-refractivity contribution in [2.75, 3.05) is 6.61 Å². The number of rotatable bonds is 4. The quantitative estimate of drug-likeness (QED) is 0.936. The molecule has 0 bridgehead atoms. The fourth-order valence-corrected chi connectivity index (χ4v) is 2.00. The Balaban J connectivity index is 2.31. The van der Waals surface area contributed by atoms with Gasteiger partial charge in [0.2, 0.25) is 0 Å². The van der Waals surface area contributed by atoms with Crippen LogP contribution in [0.4, 0.5) is 0 Å². The maximum absolute atomic E-state index is 11.6. The fourth-order valence-electron chi connectivity index (χ4n) is 2.00. The van der Waals surface area contributed by atoms with Gasteiger partial charge in [-0.05, 0) is 36.6 Å². The molecule has 1 N–H and O–H groups in total. The van der Waals surface area contributed by atoms with E-state index in [9.17, 15) is 4.79 Å². The molecule has 1 aromatic heterocycles. The van der Waals surface area contributed by atoms with Crippen LogP contribution < -0.4 is 10.3 Å². The van der Waals surface area contributed by atoms with E-state index < -0.39 is 0 Å². The molecule has 0 aliphatic heterocycles. The number of hydrogen-bond acceptors (Lipinski definition) is 3. The van der Waals surface area contributed by atoms with E-state index >= 15 is 0 Å². The Morgan fingerprint density at radius 3 is 2.52 bits per heavy atom. The van der Waals surface area contributed by atoms with E-state index in [-0.39, 0.29) is 11.1 Å². The molecule has 4 heteroatoms. The molecule has 0 spiro atoms. The third kappa shape index (κ3) is 3.51. The molecule has 2 rings (SSSR count). The van der Waals surface area contributed by atoms with Crippen LogP contribution >= 0.6 is 0 Å². The number of H-pyrrole nitrogens is 1. The summed E-state index contributed by atoms with van der Waals surface area (Å²) in [6, 6.07) is 11.2. The van der Waals surface area contributed by atoms with Crippen LogP contribution in [0, 0.1) is 24.2 Å². The third-order valence-corrected chi connectivity index (χ3v) is 3.11. The van der Waals surface area contributed by atoms with Gasteiger partial charge in [-0.1, -0.05) is 26.0 Å². The molecule has 1 heterocycles. The largest absolute Gasteiger partial charge is 0.493 e. The van der Waals surface area contributed by atoms with E-state index in [1.165, 1.54) is 0 Å². The van der Waals surface area contributed by atoms with Gasteiger partial charge in [-0.25, -0.2) is 0 Å². The summed E-state index contributed by atoms with van der Waals surface area (Å²) < 4.78 is 5.64. The van der Waals surface area contributed by atoms with Gasteiger partial charge in [0, 0.05) is 11.3 Å². The number of nitriles is 1. The predicted molar refractivity (Wildman–Crippen MR) is 82.3 cm³/mol. The molecule has 0 radical (unpaired) electrons. The average Bonchev–Trinajstić information content (AvgIpc) is 2.46. The first-order chi connectivity index (χ1) is 10.0. The second kappa shape index (κ2) is 6.27. The zero-order valence-electron chi connectivity index (χ0n) is 12.4. The van der Waals surface area contributed by atoms with E-state index in [0.29, 0.717) is 12.5 Å². The first kappa shape index (κ1) is 14.9. The Kier molecular flexibility index (Phi) is 4.44. The van der Waals surface area contributed by atoms with Crippen LogP contribution in [0.2, 0.25) is 0 Å². The maximum atomic E-state index is 11.6. The molecule has 0 unspecified atom stereocenters. The van der Waals surface area contributed by atoms with Gasteiger partial charge in [-0.3, -0.25) is 4.79 Å². The van der Waals surface area contributed by atoms with Gasteiger partial charge in [0.05, 0.1) is 6.61 Å². The van der Waals surface area contributed by atoms with Crippen molar-refractivity contribution >= 4 is 0 Å². The minimum Gasteiger partial charge on any atom is -0.493 e. The number of pyridine rings is 1. The molecule has 0 fully saturated rings. The van der Waals surface area contributed by atoms with Gasteiger partial charge in [-0.2, -0.15) is 5.26 Å². The Morgan fingerprint density at radius 1 is 1.29 bits per heavy atom. The smallest absolute Gasteiger partial charge is 0.266 e. The van der Waals surface area contributed by atoms with Gasteiger partial charge >= 0.3 is 0 Å². The van der Waals surface area contributed by atoms with Crippen LogP contribution in [-0.2, 0) is 0 Å². The van der Waals surface area contributed by atoms with E-state index in [1.807, 2.05) is 37.3 Å². The van der Waals surface area contributed by atoms with Gasteiger partial charge in [0.1, 0.15) is 17.4 Å². The fraction of sp³-hybridized carbons (Fsp3) is 0.294. The maximum Gasteiger partial charge on any atom is 0.266 e. The zero-order chi connectivity index (χ0) is 15.4.